The van der Waals surface area contributed by atoms with Crippen molar-refractivity contribution in [2.45, 2.75) is 31.7 Å². The zero-order valence-corrected chi connectivity index (χ0v) is 8.84. The van der Waals surface area contributed by atoms with Crippen LogP contribution >= 0.6 is 0 Å². The molecule has 0 spiro atoms. The number of nitrogens with one attached hydrogen (secondary N) is 1. The molecule has 0 bridgehead atoms. The minimum atomic E-state index is 0.396. The molecule has 1 N–H and O–H groups in total. The van der Waals surface area contributed by atoms with Crippen molar-refractivity contribution >= 4 is 6.08 Å². The van der Waals surface area contributed by atoms with E-state index in [1.807, 2.05) is 19.2 Å². The summed E-state index contributed by atoms with van der Waals surface area (Å²) in [5.74, 6) is 0.953. The second-order valence-corrected chi connectivity index (χ2v) is 4.21. The third-order valence-corrected chi connectivity index (χ3v) is 2.93. The van der Waals surface area contributed by atoms with Crippen molar-refractivity contribution in [2.24, 2.45) is 0 Å². The maximum Gasteiger partial charge on any atom is 0.126 e. The van der Waals surface area contributed by atoms with E-state index in [-0.39, 0.29) is 0 Å². The van der Waals surface area contributed by atoms with Crippen LogP contribution in [0.1, 0.15) is 31.9 Å². The Kier molecular flexibility index (Phi) is 2.46. The second kappa shape index (κ2) is 3.62. The molecule has 2 rings (SSSR count). The molecule has 1 heterocycles. The van der Waals surface area contributed by atoms with Crippen LogP contribution in [-0.2, 0) is 0 Å². The molecular formula is C12H17NO. The molecule has 0 atom stereocenters. The highest BCUT2D eigenvalue weighted by molar-refractivity contribution is 5.47. The Morgan fingerprint density at radius 3 is 2.93 bits per heavy atom. The maximum absolute atomic E-state index is 5.28. The van der Waals surface area contributed by atoms with Crippen LogP contribution in [0.2, 0.25) is 0 Å². The van der Waals surface area contributed by atoms with E-state index in [9.17, 15) is 0 Å². The summed E-state index contributed by atoms with van der Waals surface area (Å²) in [6.07, 6.45) is 7.56. The Morgan fingerprint density at radius 2 is 2.43 bits per heavy atom. The largest absolute Gasteiger partial charge is 0.465 e. The highest BCUT2D eigenvalue weighted by atomic mass is 16.3. The van der Waals surface area contributed by atoms with Gasteiger partial charge in [0.05, 0.1) is 6.26 Å². The Bertz CT molecular complexity index is 320. The van der Waals surface area contributed by atoms with Crippen molar-refractivity contribution in [1.82, 2.24) is 5.32 Å². The van der Waals surface area contributed by atoms with Gasteiger partial charge in [-0.2, -0.15) is 0 Å². The van der Waals surface area contributed by atoms with Crippen LogP contribution in [0.3, 0.4) is 0 Å². The van der Waals surface area contributed by atoms with Crippen LogP contribution in [0.25, 0.3) is 6.08 Å². The first-order valence-corrected chi connectivity index (χ1v) is 5.14. The molecule has 14 heavy (non-hydrogen) atoms. The molecule has 2 heteroatoms. The highest BCUT2D eigenvalue weighted by Crippen LogP contribution is 2.40. The normalized spacial score (nSPS) is 19.7. The van der Waals surface area contributed by atoms with E-state index >= 15 is 0 Å². The van der Waals surface area contributed by atoms with E-state index in [0.717, 1.165) is 12.2 Å². The lowest BCUT2D eigenvalue weighted by molar-refractivity contribution is 0.542. The molecule has 1 fully saturated rings. The first-order chi connectivity index (χ1) is 6.74. The molecule has 0 saturated heterocycles. The van der Waals surface area contributed by atoms with E-state index in [1.165, 1.54) is 18.4 Å². The molecule has 1 aromatic heterocycles. The average molecular weight is 191 g/mol. The molecule has 76 valence electrons. The van der Waals surface area contributed by atoms with E-state index < -0.39 is 0 Å². The maximum atomic E-state index is 5.28. The lowest BCUT2D eigenvalue weighted by Gasteiger charge is -2.13. The molecule has 1 aliphatic carbocycles. The Morgan fingerprint density at radius 1 is 1.64 bits per heavy atom. The van der Waals surface area contributed by atoms with E-state index in [1.54, 1.807) is 6.26 Å². The van der Waals surface area contributed by atoms with Gasteiger partial charge < -0.3 is 9.73 Å². The summed E-state index contributed by atoms with van der Waals surface area (Å²) in [5.41, 5.74) is 1.78. The molecule has 2 nitrogen and oxygen atoms in total. The van der Waals surface area contributed by atoms with Gasteiger partial charge in [0.15, 0.2) is 0 Å². The van der Waals surface area contributed by atoms with E-state index in [0.29, 0.717) is 5.54 Å². The van der Waals surface area contributed by atoms with Gasteiger partial charge in [0.1, 0.15) is 5.76 Å². The van der Waals surface area contributed by atoms with Gasteiger partial charge >= 0.3 is 0 Å². The first kappa shape index (κ1) is 9.53. The van der Waals surface area contributed by atoms with Crippen molar-refractivity contribution in [3.63, 3.8) is 0 Å². The number of hydrogen-bond acceptors (Lipinski definition) is 2. The lowest BCUT2D eigenvalue weighted by Crippen LogP contribution is -2.27. The Balaban J connectivity index is 1.99. The summed E-state index contributed by atoms with van der Waals surface area (Å²) in [5, 5.41) is 3.39. The summed E-state index contributed by atoms with van der Waals surface area (Å²) < 4.78 is 5.28. The van der Waals surface area contributed by atoms with Gasteiger partial charge in [0.2, 0.25) is 0 Å². The van der Waals surface area contributed by atoms with E-state index in [2.05, 4.69) is 18.3 Å². The zero-order chi connectivity index (χ0) is 10.0. The number of rotatable bonds is 4. The van der Waals surface area contributed by atoms with Crippen LogP contribution in [0.15, 0.2) is 28.4 Å². The number of hydrogen-bond donors (Lipinski definition) is 1. The van der Waals surface area contributed by atoms with Crippen molar-refractivity contribution in [1.29, 1.82) is 0 Å². The van der Waals surface area contributed by atoms with Crippen LogP contribution in [0.5, 0.6) is 0 Å². The topological polar surface area (TPSA) is 25.2 Å². The zero-order valence-electron chi connectivity index (χ0n) is 8.84. The van der Waals surface area contributed by atoms with Crippen molar-refractivity contribution in [3.05, 3.63) is 29.7 Å². The third kappa shape index (κ3) is 2.07. The Hall–Kier alpha value is -1.02. The predicted octanol–water partition coefficient (Wildman–Crippen LogP) is 2.83. The minimum absolute atomic E-state index is 0.396. The van der Waals surface area contributed by atoms with Crippen LogP contribution < -0.4 is 5.32 Å². The fraction of sp³-hybridized carbons (Fsp3) is 0.500. The monoisotopic (exact) mass is 191 g/mol. The lowest BCUT2D eigenvalue weighted by atomic mass is 10.1. The standard InChI is InChI=1S/C12H17NO/c1-10(8-11-4-3-7-14-11)9-12(13-2)5-6-12/h3-4,7-8,13H,5-6,9H2,1-2H3/b10-8+. The van der Waals surface area contributed by atoms with Gasteiger partial charge in [-0.25, -0.2) is 0 Å². The predicted molar refractivity (Wildman–Crippen MR) is 58.0 cm³/mol. The molecule has 1 aliphatic rings. The molecule has 0 amide bonds. The molecular weight excluding hydrogens is 174 g/mol. The number of furan rings is 1. The van der Waals surface area contributed by atoms with Crippen molar-refractivity contribution in [2.75, 3.05) is 7.05 Å². The Labute approximate surface area is 85.0 Å². The molecule has 0 aliphatic heterocycles. The van der Waals surface area contributed by atoms with Crippen LogP contribution in [0.4, 0.5) is 0 Å². The molecule has 0 unspecified atom stereocenters. The van der Waals surface area contributed by atoms with Gasteiger partial charge in [0.25, 0.3) is 0 Å². The summed E-state index contributed by atoms with van der Waals surface area (Å²) in [7, 11) is 2.05. The van der Waals surface area contributed by atoms with Gasteiger partial charge in [-0.3, -0.25) is 0 Å². The summed E-state index contributed by atoms with van der Waals surface area (Å²) in [6.45, 7) is 2.17. The van der Waals surface area contributed by atoms with Crippen LogP contribution in [0, 0.1) is 0 Å². The fourth-order valence-corrected chi connectivity index (χ4v) is 1.87. The van der Waals surface area contributed by atoms with Crippen LogP contribution in [-0.4, -0.2) is 12.6 Å². The van der Waals surface area contributed by atoms with E-state index in [4.69, 9.17) is 4.42 Å². The van der Waals surface area contributed by atoms with Gasteiger partial charge in [-0.05, 0) is 51.4 Å². The van der Waals surface area contributed by atoms with Gasteiger partial charge in [0, 0.05) is 5.54 Å². The van der Waals surface area contributed by atoms with Crippen molar-refractivity contribution < 1.29 is 4.42 Å². The summed E-state index contributed by atoms with van der Waals surface area (Å²) >= 11 is 0. The highest BCUT2D eigenvalue weighted by Gasteiger charge is 2.40. The summed E-state index contributed by atoms with van der Waals surface area (Å²) in [6, 6.07) is 3.91. The molecule has 1 saturated carbocycles. The molecule has 1 aromatic rings. The third-order valence-electron chi connectivity index (χ3n) is 2.93. The smallest absolute Gasteiger partial charge is 0.126 e. The quantitative estimate of drug-likeness (QED) is 0.791. The minimum Gasteiger partial charge on any atom is -0.465 e. The molecule has 0 aromatic carbocycles. The fourth-order valence-electron chi connectivity index (χ4n) is 1.87. The first-order valence-electron chi connectivity index (χ1n) is 5.14. The molecule has 0 radical (unpaired) electrons. The van der Waals surface area contributed by atoms with Gasteiger partial charge in [-0.15, -0.1) is 0 Å². The van der Waals surface area contributed by atoms with Crippen molar-refractivity contribution in [3.8, 4) is 0 Å². The SMILES string of the molecule is CNC1(C/C(C)=C/c2ccco2)CC1. The summed E-state index contributed by atoms with van der Waals surface area (Å²) in [4.78, 5) is 0. The second-order valence-electron chi connectivity index (χ2n) is 4.21. The average Bonchev–Trinajstić information content (AvgIpc) is 2.74. The van der Waals surface area contributed by atoms with Gasteiger partial charge in [-0.1, -0.05) is 5.57 Å².